The molecule has 0 aliphatic heterocycles. The Morgan fingerprint density at radius 1 is 1.50 bits per heavy atom. The molecule has 102 valence electrons. The first kappa shape index (κ1) is 14.5. The van der Waals surface area contributed by atoms with Crippen molar-refractivity contribution in [1.82, 2.24) is 9.78 Å². The van der Waals surface area contributed by atoms with Crippen molar-refractivity contribution in [3.8, 4) is 0 Å². The van der Waals surface area contributed by atoms with E-state index in [0.717, 1.165) is 6.26 Å². The predicted octanol–water partition coefficient (Wildman–Crippen LogP) is -0.0978. The summed E-state index contributed by atoms with van der Waals surface area (Å²) in [4.78, 5) is 11.7. The molecule has 0 atom stereocenters. The zero-order chi connectivity index (χ0) is 13.9. The van der Waals surface area contributed by atoms with Gasteiger partial charge in [-0.1, -0.05) is 0 Å². The SMILES string of the molecule is Cc1nn(C)c(C(=O)OCCCS(C)(=O)=O)c1N. The molecule has 1 aromatic rings. The second kappa shape index (κ2) is 5.38. The molecule has 7 nitrogen and oxygen atoms in total. The Morgan fingerprint density at radius 2 is 2.11 bits per heavy atom. The Labute approximate surface area is 106 Å². The van der Waals surface area contributed by atoms with Crippen molar-refractivity contribution in [2.45, 2.75) is 13.3 Å². The van der Waals surface area contributed by atoms with Crippen molar-refractivity contribution in [3.63, 3.8) is 0 Å². The molecule has 0 bridgehead atoms. The first-order chi connectivity index (χ1) is 8.22. The van der Waals surface area contributed by atoms with Crippen LogP contribution in [0.2, 0.25) is 0 Å². The lowest BCUT2D eigenvalue weighted by atomic mass is 10.3. The summed E-state index contributed by atoms with van der Waals surface area (Å²) in [6.07, 6.45) is 1.40. The van der Waals surface area contributed by atoms with Gasteiger partial charge in [0.2, 0.25) is 0 Å². The average Bonchev–Trinajstić information content (AvgIpc) is 2.47. The molecule has 18 heavy (non-hydrogen) atoms. The van der Waals surface area contributed by atoms with Crippen LogP contribution in [0.5, 0.6) is 0 Å². The summed E-state index contributed by atoms with van der Waals surface area (Å²) in [5.41, 5.74) is 6.72. The zero-order valence-electron chi connectivity index (χ0n) is 10.6. The zero-order valence-corrected chi connectivity index (χ0v) is 11.5. The molecule has 1 heterocycles. The Hall–Kier alpha value is -1.57. The van der Waals surface area contributed by atoms with Gasteiger partial charge in [-0.05, 0) is 13.3 Å². The Bertz CT molecular complexity index is 548. The van der Waals surface area contributed by atoms with E-state index in [1.54, 1.807) is 14.0 Å². The molecular formula is C10H17N3O4S. The van der Waals surface area contributed by atoms with Crippen molar-refractivity contribution < 1.29 is 17.9 Å². The first-order valence-electron chi connectivity index (χ1n) is 5.36. The third-order valence-corrected chi connectivity index (χ3v) is 3.38. The fourth-order valence-electron chi connectivity index (χ4n) is 1.47. The Balaban J connectivity index is 2.56. The smallest absolute Gasteiger partial charge is 0.358 e. The van der Waals surface area contributed by atoms with Crippen LogP contribution in [0.25, 0.3) is 0 Å². The van der Waals surface area contributed by atoms with Crippen molar-refractivity contribution in [1.29, 1.82) is 0 Å². The molecule has 2 N–H and O–H groups in total. The number of aryl methyl sites for hydroxylation is 2. The number of esters is 1. The van der Waals surface area contributed by atoms with Gasteiger partial charge >= 0.3 is 5.97 Å². The molecule has 0 radical (unpaired) electrons. The highest BCUT2D eigenvalue weighted by molar-refractivity contribution is 7.90. The maximum absolute atomic E-state index is 11.7. The Morgan fingerprint density at radius 3 is 2.56 bits per heavy atom. The number of hydrogen-bond donors (Lipinski definition) is 1. The van der Waals surface area contributed by atoms with Gasteiger partial charge in [-0.25, -0.2) is 13.2 Å². The van der Waals surface area contributed by atoms with Crippen LogP contribution in [-0.4, -0.2) is 42.8 Å². The van der Waals surface area contributed by atoms with Crippen LogP contribution in [0, 0.1) is 6.92 Å². The minimum atomic E-state index is -3.03. The lowest BCUT2D eigenvalue weighted by Gasteiger charge is -2.05. The maximum Gasteiger partial charge on any atom is 0.358 e. The van der Waals surface area contributed by atoms with Crippen LogP contribution in [0.1, 0.15) is 22.6 Å². The van der Waals surface area contributed by atoms with Gasteiger partial charge in [0.15, 0.2) is 5.69 Å². The summed E-state index contributed by atoms with van der Waals surface area (Å²) in [5.74, 6) is -0.607. The van der Waals surface area contributed by atoms with Gasteiger partial charge in [-0.15, -0.1) is 0 Å². The molecule has 0 unspecified atom stereocenters. The molecule has 8 heteroatoms. The third kappa shape index (κ3) is 3.73. The van der Waals surface area contributed by atoms with Crippen molar-refractivity contribution in [2.24, 2.45) is 7.05 Å². The second-order valence-electron chi connectivity index (χ2n) is 4.09. The summed E-state index contributed by atoms with van der Waals surface area (Å²) in [7, 11) is -1.44. The quantitative estimate of drug-likeness (QED) is 0.594. The lowest BCUT2D eigenvalue weighted by molar-refractivity contribution is 0.0494. The number of sulfone groups is 1. The van der Waals surface area contributed by atoms with E-state index < -0.39 is 15.8 Å². The molecule has 1 aromatic heterocycles. The summed E-state index contributed by atoms with van der Waals surface area (Å²) in [6.45, 7) is 1.73. The van der Waals surface area contributed by atoms with Gasteiger partial charge in [0, 0.05) is 13.3 Å². The highest BCUT2D eigenvalue weighted by Gasteiger charge is 2.19. The van der Waals surface area contributed by atoms with E-state index in [-0.39, 0.29) is 30.2 Å². The van der Waals surface area contributed by atoms with E-state index in [4.69, 9.17) is 10.5 Å². The van der Waals surface area contributed by atoms with Crippen LogP contribution >= 0.6 is 0 Å². The van der Waals surface area contributed by atoms with E-state index >= 15 is 0 Å². The normalized spacial score (nSPS) is 11.5. The van der Waals surface area contributed by atoms with Crippen molar-refractivity contribution in [2.75, 3.05) is 24.3 Å². The maximum atomic E-state index is 11.7. The number of carbonyl (C=O) groups excluding carboxylic acids is 1. The van der Waals surface area contributed by atoms with Gasteiger partial charge in [-0.2, -0.15) is 5.10 Å². The standard InChI is InChI=1S/C10H17N3O4S/c1-7-8(11)9(13(2)12-7)10(14)17-5-4-6-18(3,15)16/h4-6,11H2,1-3H3. The van der Waals surface area contributed by atoms with E-state index in [9.17, 15) is 13.2 Å². The van der Waals surface area contributed by atoms with Crippen molar-refractivity contribution in [3.05, 3.63) is 11.4 Å². The molecule has 0 amide bonds. The number of anilines is 1. The average molecular weight is 275 g/mol. The molecule has 0 aromatic carbocycles. The second-order valence-corrected chi connectivity index (χ2v) is 6.35. The number of nitrogens with two attached hydrogens (primary N) is 1. The largest absolute Gasteiger partial charge is 0.461 e. The fraction of sp³-hybridized carbons (Fsp3) is 0.600. The van der Waals surface area contributed by atoms with E-state index in [0.29, 0.717) is 5.69 Å². The number of hydrogen-bond acceptors (Lipinski definition) is 6. The number of ether oxygens (including phenoxy) is 1. The third-order valence-electron chi connectivity index (χ3n) is 2.35. The highest BCUT2D eigenvalue weighted by atomic mass is 32.2. The van der Waals surface area contributed by atoms with Crippen molar-refractivity contribution >= 4 is 21.5 Å². The summed E-state index contributed by atoms with van der Waals surface area (Å²) < 4.78 is 28.1. The lowest BCUT2D eigenvalue weighted by Crippen LogP contribution is -2.15. The molecule has 0 aliphatic carbocycles. The van der Waals surface area contributed by atoms with Crippen LogP contribution in [0.3, 0.4) is 0 Å². The topological polar surface area (TPSA) is 104 Å². The molecule has 0 fully saturated rings. The van der Waals surface area contributed by atoms with Crippen LogP contribution < -0.4 is 5.73 Å². The van der Waals surface area contributed by atoms with Gasteiger partial charge in [-0.3, -0.25) is 4.68 Å². The van der Waals surface area contributed by atoms with Crippen LogP contribution in [-0.2, 0) is 21.6 Å². The Kier molecular flexibility index (Phi) is 4.33. The monoisotopic (exact) mass is 275 g/mol. The van der Waals surface area contributed by atoms with Gasteiger partial charge < -0.3 is 10.5 Å². The molecule has 0 saturated heterocycles. The number of rotatable bonds is 5. The van der Waals surface area contributed by atoms with Gasteiger partial charge in [0.1, 0.15) is 9.84 Å². The molecular weight excluding hydrogens is 258 g/mol. The minimum absolute atomic E-state index is 0.0137. The minimum Gasteiger partial charge on any atom is -0.461 e. The highest BCUT2D eigenvalue weighted by Crippen LogP contribution is 2.16. The molecule has 0 aliphatic rings. The van der Waals surface area contributed by atoms with E-state index in [1.807, 2.05) is 0 Å². The summed E-state index contributed by atoms with van der Waals surface area (Å²) >= 11 is 0. The van der Waals surface area contributed by atoms with Gasteiger partial charge in [0.05, 0.1) is 23.7 Å². The summed E-state index contributed by atoms with van der Waals surface area (Å²) in [5, 5.41) is 3.99. The molecule has 1 rings (SSSR count). The van der Waals surface area contributed by atoms with Crippen LogP contribution in [0.4, 0.5) is 5.69 Å². The summed E-state index contributed by atoms with van der Waals surface area (Å²) in [6, 6.07) is 0. The van der Waals surface area contributed by atoms with Crippen LogP contribution in [0.15, 0.2) is 0 Å². The molecule has 0 spiro atoms. The van der Waals surface area contributed by atoms with E-state index in [1.165, 1.54) is 4.68 Å². The number of aromatic nitrogens is 2. The number of carbonyl (C=O) groups is 1. The number of nitrogens with zero attached hydrogens (tertiary/aromatic N) is 2. The fourth-order valence-corrected chi connectivity index (χ4v) is 2.11. The van der Waals surface area contributed by atoms with Gasteiger partial charge in [0.25, 0.3) is 0 Å². The first-order valence-corrected chi connectivity index (χ1v) is 7.42. The number of nitrogen functional groups attached to an aromatic ring is 1. The van der Waals surface area contributed by atoms with E-state index in [2.05, 4.69) is 5.10 Å². The molecule has 0 saturated carbocycles. The predicted molar refractivity (Wildman–Crippen MR) is 67.0 cm³/mol.